The molecule has 0 unspecified atom stereocenters. The van der Waals surface area contributed by atoms with Gasteiger partial charge in [0.25, 0.3) is 11.8 Å². The Balaban J connectivity index is 1.73. The molecule has 1 aliphatic heterocycles. The molecule has 3 aromatic carbocycles. The minimum atomic E-state index is -0.384. The van der Waals surface area contributed by atoms with Gasteiger partial charge in [0.15, 0.2) is 0 Å². The highest BCUT2D eigenvalue weighted by Gasteiger charge is 2.39. The monoisotopic (exact) mass is 446 g/mol. The zero-order valence-electron chi connectivity index (χ0n) is 17.9. The normalized spacial score (nSPS) is 13.7. The maximum atomic E-state index is 13.4. The van der Waals surface area contributed by atoms with Gasteiger partial charge in [0, 0.05) is 16.3 Å². The van der Waals surface area contributed by atoms with Gasteiger partial charge in [0.1, 0.15) is 11.4 Å². The Kier molecular flexibility index (Phi) is 6.28. The second-order valence-electron chi connectivity index (χ2n) is 7.44. The van der Waals surface area contributed by atoms with Gasteiger partial charge >= 0.3 is 0 Å². The number of amides is 2. The van der Waals surface area contributed by atoms with Crippen LogP contribution in [0, 0.1) is 0 Å². The Morgan fingerprint density at radius 1 is 0.906 bits per heavy atom. The fourth-order valence-electron chi connectivity index (χ4n) is 3.69. The fourth-order valence-corrected chi connectivity index (χ4v) is 3.82. The SMILES string of the molecule is CCc1ccc(NC2=C(c3ccc(Cl)cc3)C(=O)N(Cc3ccccc3OC)C2=O)cc1. The first-order chi connectivity index (χ1) is 15.5. The topological polar surface area (TPSA) is 58.6 Å². The van der Waals surface area contributed by atoms with Gasteiger partial charge < -0.3 is 10.1 Å². The van der Waals surface area contributed by atoms with Crippen LogP contribution in [0.25, 0.3) is 5.57 Å². The second kappa shape index (κ2) is 9.28. The summed E-state index contributed by atoms with van der Waals surface area (Å²) in [5, 5.41) is 3.74. The highest BCUT2D eigenvalue weighted by molar-refractivity contribution is 6.36. The molecule has 0 aliphatic carbocycles. The molecule has 162 valence electrons. The fraction of sp³-hybridized carbons (Fsp3) is 0.154. The Bertz CT molecular complexity index is 1180. The van der Waals surface area contributed by atoms with E-state index in [-0.39, 0.29) is 24.1 Å². The lowest BCUT2D eigenvalue weighted by atomic mass is 10.0. The summed E-state index contributed by atoms with van der Waals surface area (Å²) in [6.45, 7) is 2.19. The molecule has 0 bridgehead atoms. The highest BCUT2D eigenvalue weighted by atomic mass is 35.5. The van der Waals surface area contributed by atoms with Gasteiger partial charge in [-0.1, -0.05) is 61.0 Å². The van der Waals surface area contributed by atoms with Gasteiger partial charge in [-0.2, -0.15) is 0 Å². The minimum absolute atomic E-state index is 0.110. The lowest BCUT2D eigenvalue weighted by molar-refractivity contribution is -0.137. The van der Waals surface area contributed by atoms with E-state index < -0.39 is 0 Å². The average Bonchev–Trinajstić information content (AvgIpc) is 3.04. The van der Waals surface area contributed by atoms with Crippen LogP contribution in [-0.4, -0.2) is 23.8 Å². The molecule has 5 nitrogen and oxygen atoms in total. The van der Waals surface area contributed by atoms with Crippen LogP contribution >= 0.6 is 11.6 Å². The number of rotatable bonds is 7. The van der Waals surface area contributed by atoms with Crippen molar-refractivity contribution in [3.05, 3.63) is 100 Å². The number of imide groups is 1. The molecule has 0 saturated carbocycles. The van der Waals surface area contributed by atoms with Crippen LogP contribution < -0.4 is 10.1 Å². The number of nitrogens with zero attached hydrogens (tertiary/aromatic N) is 1. The molecule has 3 aromatic rings. The molecule has 0 aromatic heterocycles. The number of carbonyl (C=O) groups excluding carboxylic acids is 2. The van der Waals surface area contributed by atoms with Crippen molar-refractivity contribution < 1.29 is 14.3 Å². The molecule has 0 saturated heterocycles. The molecule has 1 N–H and O–H groups in total. The third kappa shape index (κ3) is 4.25. The summed E-state index contributed by atoms with van der Waals surface area (Å²) in [5.74, 6) is -0.126. The van der Waals surface area contributed by atoms with Crippen LogP contribution in [0.2, 0.25) is 5.02 Å². The first-order valence-electron chi connectivity index (χ1n) is 10.4. The van der Waals surface area contributed by atoms with E-state index in [1.165, 1.54) is 10.5 Å². The molecule has 0 fully saturated rings. The number of para-hydroxylation sites is 1. The van der Waals surface area contributed by atoms with E-state index in [4.69, 9.17) is 16.3 Å². The number of carbonyl (C=O) groups is 2. The van der Waals surface area contributed by atoms with Crippen LogP contribution in [0.1, 0.15) is 23.6 Å². The van der Waals surface area contributed by atoms with E-state index >= 15 is 0 Å². The summed E-state index contributed by atoms with van der Waals surface area (Å²) in [6.07, 6.45) is 0.920. The van der Waals surface area contributed by atoms with E-state index in [1.54, 1.807) is 31.4 Å². The first kappa shape index (κ1) is 21.7. The molecule has 1 aliphatic rings. The van der Waals surface area contributed by atoms with Crippen molar-refractivity contribution in [3.8, 4) is 5.75 Å². The number of ether oxygens (including phenoxy) is 1. The van der Waals surface area contributed by atoms with Crippen molar-refractivity contribution in [3.63, 3.8) is 0 Å². The number of anilines is 1. The van der Waals surface area contributed by atoms with E-state index in [1.807, 2.05) is 48.5 Å². The number of methoxy groups -OCH3 is 1. The zero-order chi connectivity index (χ0) is 22.7. The van der Waals surface area contributed by atoms with Crippen LogP contribution in [0.4, 0.5) is 5.69 Å². The van der Waals surface area contributed by atoms with Gasteiger partial charge in [-0.15, -0.1) is 0 Å². The second-order valence-corrected chi connectivity index (χ2v) is 7.88. The molecule has 6 heteroatoms. The number of aryl methyl sites for hydroxylation is 1. The van der Waals surface area contributed by atoms with Crippen LogP contribution in [-0.2, 0) is 22.6 Å². The number of benzene rings is 3. The summed E-state index contributed by atoms with van der Waals surface area (Å²) in [6, 6.07) is 22.1. The van der Waals surface area contributed by atoms with Gasteiger partial charge in [-0.3, -0.25) is 14.5 Å². The smallest absolute Gasteiger partial charge is 0.278 e. The molecule has 0 radical (unpaired) electrons. The first-order valence-corrected chi connectivity index (χ1v) is 10.7. The maximum absolute atomic E-state index is 13.4. The molecule has 0 atom stereocenters. The quantitative estimate of drug-likeness (QED) is 0.500. The van der Waals surface area contributed by atoms with Crippen LogP contribution in [0.3, 0.4) is 0 Å². The van der Waals surface area contributed by atoms with Crippen molar-refractivity contribution in [2.45, 2.75) is 19.9 Å². The molecule has 4 rings (SSSR count). The van der Waals surface area contributed by atoms with E-state index in [0.29, 0.717) is 21.9 Å². The zero-order valence-corrected chi connectivity index (χ0v) is 18.6. The summed E-state index contributed by atoms with van der Waals surface area (Å²) in [4.78, 5) is 28.1. The van der Waals surface area contributed by atoms with E-state index in [2.05, 4.69) is 12.2 Å². The number of nitrogens with one attached hydrogen (secondary N) is 1. The predicted molar refractivity (Wildman–Crippen MR) is 126 cm³/mol. The molecular weight excluding hydrogens is 424 g/mol. The molecule has 0 spiro atoms. The Morgan fingerprint density at radius 2 is 1.59 bits per heavy atom. The van der Waals surface area contributed by atoms with Gasteiger partial charge in [0.05, 0.1) is 19.2 Å². The Morgan fingerprint density at radius 3 is 2.25 bits per heavy atom. The standard InChI is InChI=1S/C26H23ClN2O3/c1-3-17-8-14-21(15-9-17)28-24-23(18-10-12-20(27)13-11-18)25(30)29(26(24)31)16-19-6-4-5-7-22(19)32-2/h4-15,28H,3,16H2,1-2H3. The van der Waals surface area contributed by atoms with Crippen molar-refractivity contribution in [1.29, 1.82) is 0 Å². The van der Waals surface area contributed by atoms with E-state index in [0.717, 1.165) is 17.7 Å². The molecule has 2 amide bonds. The van der Waals surface area contributed by atoms with Crippen molar-refractivity contribution in [2.75, 3.05) is 12.4 Å². The van der Waals surface area contributed by atoms with Gasteiger partial charge in [-0.05, 0) is 47.9 Å². The number of halogens is 1. The van der Waals surface area contributed by atoms with Crippen molar-refractivity contribution in [2.24, 2.45) is 0 Å². The third-order valence-electron chi connectivity index (χ3n) is 5.45. The molecule has 1 heterocycles. The van der Waals surface area contributed by atoms with Crippen molar-refractivity contribution in [1.82, 2.24) is 4.90 Å². The number of hydrogen-bond donors (Lipinski definition) is 1. The molecular formula is C26H23ClN2O3. The lowest BCUT2D eigenvalue weighted by Crippen LogP contribution is -2.32. The van der Waals surface area contributed by atoms with Crippen molar-refractivity contribution >= 4 is 34.7 Å². The summed E-state index contributed by atoms with van der Waals surface area (Å²) < 4.78 is 5.40. The Hall–Kier alpha value is -3.57. The average molecular weight is 447 g/mol. The summed E-state index contributed by atoms with van der Waals surface area (Å²) in [7, 11) is 1.57. The van der Waals surface area contributed by atoms with Crippen LogP contribution in [0.15, 0.2) is 78.5 Å². The van der Waals surface area contributed by atoms with E-state index in [9.17, 15) is 9.59 Å². The Labute approximate surface area is 192 Å². The largest absolute Gasteiger partial charge is 0.496 e. The third-order valence-corrected chi connectivity index (χ3v) is 5.71. The van der Waals surface area contributed by atoms with Crippen LogP contribution in [0.5, 0.6) is 5.75 Å². The lowest BCUT2D eigenvalue weighted by Gasteiger charge is -2.17. The molecule has 32 heavy (non-hydrogen) atoms. The summed E-state index contributed by atoms with van der Waals surface area (Å²) in [5.41, 5.74) is 3.87. The van der Waals surface area contributed by atoms with Gasteiger partial charge in [-0.25, -0.2) is 0 Å². The number of hydrogen-bond acceptors (Lipinski definition) is 4. The maximum Gasteiger partial charge on any atom is 0.278 e. The van der Waals surface area contributed by atoms with Gasteiger partial charge in [0.2, 0.25) is 0 Å². The predicted octanol–water partition coefficient (Wildman–Crippen LogP) is 5.30. The minimum Gasteiger partial charge on any atom is -0.496 e. The highest BCUT2D eigenvalue weighted by Crippen LogP contribution is 2.33. The summed E-state index contributed by atoms with van der Waals surface area (Å²) >= 11 is 6.04.